The molecule has 0 aliphatic rings. The largest absolute Gasteiger partial charge is 0.465 e. The summed E-state index contributed by atoms with van der Waals surface area (Å²) in [6.45, 7) is 3.89. The monoisotopic (exact) mass is 242 g/mol. The predicted molar refractivity (Wildman–Crippen MR) is 72.0 cm³/mol. The molecule has 2 aromatic rings. The van der Waals surface area contributed by atoms with Crippen LogP contribution in [0, 0.1) is 0 Å². The van der Waals surface area contributed by atoms with Crippen LogP contribution in [-0.4, -0.2) is 5.78 Å². The quantitative estimate of drug-likeness (QED) is 0.741. The first kappa shape index (κ1) is 12.6. The molecule has 1 aromatic carbocycles. The van der Waals surface area contributed by atoms with Crippen molar-refractivity contribution in [1.29, 1.82) is 0 Å². The topological polar surface area (TPSA) is 30.2 Å². The van der Waals surface area contributed by atoms with E-state index in [9.17, 15) is 4.79 Å². The number of aryl methyl sites for hydroxylation is 1. The highest BCUT2D eigenvalue weighted by Gasteiger charge is 2.15. The molecule has 18 heavy (non-hydrogen) atoms. The molecule has 1 aromatic heterocycles. The molecule has 0 radical (unpaired) electrons. The van der Waals surface area contributed by atoms with Gasteiger partial charge in [0.15, 0.2) is 5.78 Å². The molecule has 0 bridgehead atoms. The minimum Gasteiger partial charge on any atom is -0.465 e. The number of benzene rings is 1. The molecule has 1 heterocycles. The van der Waals surface area contributed by atoms with Crippen LogP contribution in [0.25, 0.3) is 0 Å². The Morgan fingerprint density at radius 1 is 1.17 bits per heavy atom. The normalized spacial score (nSPS) is 10.6. The third-order valence-corrected chi connectivity index (χ3v) is 3.02. The molecule has 0 aliphatic heterocycles. The summed E-state index contributed by atoms with van der Waals surface area (Å²) in [5.41, 5.74) is 1.95. The van der Waals surface area contributed by atoms with Crippen LogP contribution in [-0.2, 0) is 12.8 Å². The van der Waals surface area contributed by atoms with E-state index in [1.54, 1.807) is 0 Å². The van der Waals surface area contributed by atoms with Gasteiger partial charge in [0.2, 0.25) is 0 Å². The van der Waals surface area contributed by atoms with E-state index in [4.69, 9.17) is 4.42 Å². The van der Waals surface area contributed by atoms with Gasteiger partial charge in [0.25, 0.3) is 0 Å². The molecule has 0 saturated carbocycles. The van der Waals surface area contributed by atoms with Crippen molar-refractivity contribution in [2.24, 2.45) is 0 Å². The van der Waals surface area contributed by atoms with Gasteiger partial charge in [0, 0.05) is 19.3 Å². The van der Waals surface area contributed by atoms with Crippen LogP contribution in [0.1, 0.15) is 47.7 Å². The SMILES string of the molecule is CCC(=O)c1cc(Cc2ccccc2)oc1CC. The third kappa shape index (κ3) is 2.70. The molecular formula is C16H18O2. The maximum absolute atomic E-state index is 11.8. The van der Waals surface area contributed by atoms with Gasteiger partial charge >= 0.3 is 0 Å². The van der Waals surface area contributed by atoms with Crippen molar-refractivity contribution < 1.29 is 9.21 Å². The average molecular weight is 242 g/mol. The molecule has 2 nitrogen and oxygen atoms in total. The number of ketones is 1. The van der Waals surface area contributed by atoms with Crippen LogP contribution in [0.4, 0.5) is 0 Å². The Bertz CT molecular complexity index is 523. The third-order valence-electron chi connectivity index (χ3n) is 3.02. The number of rotatable bonds is 5. The molecular weight excluding hydrogens is 224 g/mol. The second-order valence-electron chi connectivity index (χ2n) is 4.34. The van der Waals surface area contributed by atoms with Gasteiger partial charge in [-0.05, 0) is 11.6 Å². The lowest BCUT2D eigenvalue weighted by Crippen LogP contribution is -1.97. The zero-order chi connectivity index (χ0) is 13.0. The predicted octanol–water partition coefficient (Wildman–Crippen LogP) is 4.03. The smallest absolute Gasteiger partial charge is 0.166 e. The lowest BCUT2D eigenvalue weighted by molar-refractivity contribution is 0.0986. The minimum absolute atomic E-state index is 0.162. The first-order chi connectivity index (χ1) is 8.74. The Labute approximate surface area is 108 Å². The summed E-state index contributed by atoms with van der Waals surface area (Å²) in [7, 11) is 0. The maximum Gasteiger partial charge on any atom is 0.166 e. The molecule has 0 amide bonds. The van der Waals surface area contributed by atoms with E-state index in [0.29, 0.717) is 6.42 Å². The number of carbonyl (C=O) groups is 1. The number of Topliss-reactive ketones (excluding diaryl/α,β-unsaturated/α-hetero) is 1. The molecule has 0 unspecified atom stereocenters. The van der Waals surface area contributed by atoms with Gasteiger partial charge in [-0.25, -0.2) is 0 Å². The van der Waals surface area contributed by atoms with Crippen molar-refractivity contribution in [3.63, 3.8) is 0 Å². The first-order valence-corrected chi connectivity index (χ1v) is 6.43. The van der Waals surface area contributed by atoms with E-state index in [1.807, 2.05) is 38.1 Å². The van der Waals surface area contributed by atoms with E-state index >= 15 is 0 Å². The first-order valence-electron chi connectivity index (χ1n) is 6.43. The summed E-state index contributed by atoms with van der Waals surface area (Å²) in [6.07, 6.45) is 2.03. The van der Waals surface area contributed by atoms with Crippen molar-refractivity contribution in [2.75, 3.05) is 0 Å². The lowest BCUT2D eigenvalue weighted by Gasteiger charge is -1.97. The molecule has 2 rings (SSSR count). The van der Waals surface area contributed by atoms with Gasteiger partial charge in [-0.2, -0.15) is 0 Å². The summed E-state index contributed by atoms with van der Waals surface area (Å²) in [5, 5.41) is 0. The van der Waals surface area contributed by atoms with Gasteiger partial charge in [-0.3, -0.25) is 4.79 Å². The van der Waals surface area contributed by atoms with Crippen LogP contribution < -0.4 is 0 Å². The van der Waals surface area contributed by atoms with E-state index in [0.717, 1.165) is 29.9 Å². The summed E-state index contributed by atoms with van der Waals surface area (Å²) in [4.78, 5) is 11.8. The molecule has 0 atom stereocenters. The average Bonchev–Trinajstić information content (AvgIpc) is 2.82. The summed E-state index contributed by atoms with van der Waals surface area (Å²) < 4.78 is 5.77. The Morgan fingerprint density at radius 3 is 2.50 bits per heavy atom. The molecule has 0 spiro atoms. The molecule has 0 saturated heterocycles. The highest BCUT2D eigenvalue weighted by atomic mass is 16.3. The van der Waals surface area contributed by atoms with Crippen molar-refractivity contribution in [3.05, 3.63) is 59.0 Å². The summed E-state index contributed by atoms with van der Waals surface area (Å²) >= 11 is 0. The van der Waals surface area contributed by atoms with E-state index in [-0.39, 0.29) is 5.78 Å². The number of carbonyl (C=O) groups excluding carboxylic acids is 1. The summed E-state index contributed by atoms with van der Waals surface area (Å²) in [5.74, 6) is 1.84. The van der Waals surface area contributed by atoms with E-state index in [2.05, 4.69) is 12.1 Å². The standard InChI is InChI=1S/C16H18O2/c1-3-15(17)14-11-13(18-16(14)4-2)10-12-8-6-5-7-9-12/h5-9,11H,3-4,10H2,1-2H3. The Hall–Kier alpha value is -1.83. The van der Waals surface area contributed by atoms with Crippen molar-refractivity contribution in [2.45, 2.75) is 33.1 Å². The van der Waals surface area contributed by atoms with Gasteiger partial charge in [0.05, 0.1) is 5.56 Å². The zero-order valence-electron chi connectivity index (χ0n) is 10.9. The van der Waals surface area contributed by atoms with Crippen molar-refractivity contribution >= 4 is 5.78 Å². The van der Waals surface area contributed by atoms with Crippen LogP contribution in [0.5, 0.6) is 0 Å². The second kappa shape index (κ2) is 5.67. The summed E-state index contributed by atoms with van der Waals surface area (Å²) in [6, 6.07) is 12.0. The minimum atomic E-state index is 0.162. The number of hydrogen-bond acceptors (Lipinski definition) is 2. The second-order valence-corrected chi connectivity index (χ2v) is 4.34. The molecule has 2 heteroatoms. The van der Waals surface area contributed by atoms with Gasteiger partial charge in [0.1, 0.15) is 11.5 Å². The van der Waals surface area contributed by atoms with Crippen LogP contribution >= 0.6 is 0 Å². The fourth-order valence-electron chi connectivity index (χ4n) is 2.06. The molecule has 0 fully saturated rings. The fourth-order valence-corrected chi connectivity index (χ4v) is 2.06. The maximum atomic E-state index is 11.8. The Kier molecular flexibility index (Phi) is 3.98. The highest BCUT2D eigenvalue weighted by Crippen LogP contribution is 2.20. The molecule has 94 valence electrons. The van der Waals surface area contributed by atoms with E-state index < -0.39 is 0 Å². The molecule has 0 aliphatic carbocycles. The van der Waals surface area contributed by atoms with Crippen LogP contribution in [0.15, 0.2) is 40.8 Å². The van der Waals surface area contributed by atoms with E-state index in [1.165, 1.54) is 5.56 Å². The fraction of sp³-hybridized carbons (Fsp3) is 0.312. The number of furan rings is 1. The van der Waals surface area contributed by atoms with Gasteiger partial charge in [-0.1, -0.05) is 44.2 Å². The molecule has 0 N–H and O–H groups in total. The zero-order valence-corrected chi connectivity index (χ0v) is 10.9. The Morgan fingerprint density at radius 2 is 1.89 bits per heavy atom. The van der Waals surface area contributed by atoms with Gasteiger partial charge < -0.3 is 4.42 Å². The van der Waals surface area contributed by atoms with Crippen LogP contribution in [0.2, 0.25) is 0 Å². The number of hydrogen-bond donors (Lipinski definition) is 0. The van der Waals surface area contributed by atoms with Gasteiger partial charge in [-0.15, -0.1) is 0 Å². The lowest BCUT2D eigenvalue weighted by atomic mass is 10.1. The van der Waals surface area contributed by atoms with Crippen molar-refractivity contribution in [1.82, 2.24) is 0 Å². The van der Waals surface area contributed by atoms with Crippen LogP contribution in [0.3, 0.4) is 0 Å². The Balaban J connectivity index is 2.25. The van der Waals surface area contributed by atoms with Crippen molar-refractivity contribution in [3.8, 4) is 0 Å². The highest BCUT2D eigenvalue weighted by molar-refractivity contribution is 5.96.